The van der Waals surface area contributed by atoms with Crippen molar-refractivity contribution < 1.29 is 19.5 Å². The highest BCUT2D eigenvalue weighted by Crippen LogP contribution is 2.68. The number of hydrogen-bond donors (Lipinski definition) is 1. The average Bonchev–Trinajstić information content (AvgIpc) is 3.46. The predicted molar refractivity (Wildman–Crippen MR) is 154 cm³/mol. The van der Waals surface area contributed by atoms with Crippen LogP contribution in [0.4, 0.5) is 0 Å². The third-order valence-electron chi connectivity index (χ3n) is 8.32. The van der Waals surface area contributed by atoms with Crippen molar-refractivity contribution in [2.75, 3.05) is 26.2 Å². The highest BCUT2D eigenvalue weighted by molar-refractivity contribution is 9.09. The van der Waals surface area contributed by atoms with Crippen molar-refractivity contribution in [1.82, 2.24) is 14.7 Å². The minimum absolute atomic E-state index is 0.00876. The fraction of sp³-hybridized carbons (Fsp3) is 0.750. The molecule has 1 spiro atoms. The third kappa shape index (κ3) is 5.17. The first-order chi connectivity index (χ1) is 17.7. The smallest absolute Gasteiger partial charge is 0.247 e. The van der Waals surface area contributed by atoms with Gasteiger partial charge in [0.2, 0.25) is 17.7 Å². The van der Waals surface area contributed by atoms with E-state index in [9.17, 15) is 19.5 Å². The van der Waals surface area contributed by atoms with Crippen LogP contribution in [0.1, 0.15) is 59.8 Å². The standard InChI is InChI=1S/C28H44BrN3O4S/c1-7-12-18(6)31(15-10-4)27(36)24-28-16-20(29)23(37-28)21(25(34)30(13-8-2)14-9-3)22(28)26(35)32(24)19(11-5)17-33/h8,10,18-24,33H,2,4,7,9,11-17H2,1,3,5-6H3/t18?,19-,20?,21-,22-,23-,24?,28?/m0/s1. The van der Waals surface area contributed by atoms with E-state index in [0.29, 0.717) is 32.5 Å². The summed E-state index contributed by atoms with van der Waals surface area (Å²) in [6, 6.07) is -1.21. The number of aliphatic hydroxyl groups excluding tert-OH is 1. The first-order valence-electron chi connectivity index (χ1n) is 13.7. The van der Waals surface area contributed by atoms with Crippen molar-refractivity contribution in [2.45, 2.75) is 92.7 Å². The van der Waals surface area contributed by atoms with Crippen LogP contribution in [0.5, 0.6) is 0 Å². The van der Waals surface area contributed by atoms with Crippen LogP contribution < -0.4 is 0 Å². The number of halogens is 1. The van der Waals surface area contributed by atoms with Gasteiger partial charge in [0.25, 0.3) is 0 Å². The number of aliphatic hydroxyl groups is 1. The van der Waals surface area contributed by atoms with Gasteiger partial charge in [-0.2, -0.15) is 0 Å². The van der Waals surface area contributed by atoms with Crippen molar-refractivity contribution in [1.29, 1.82) is 0 Å². The Balaban J connectivity index is 2.12. The molecule has 2 bridgehead atoms. The molecule has 3 saturated heterocycles. The number of rotatable bonds is 14. The van der Waals surface area contributed by atoms with Crippen LogP contribution in [0.25, 0.3) is 0 Å². The Morgan fingerprint density at radius 2 is 1.89 bits per heavy atom. The molecule has 3 fully saturated rings. The highest BCUT2D eigenvalue weighted by atomic mass is 79.9. The lowest BCUT2D eigenvalue weighted by atomic mass is 9.70. The van der Waals surface area contributed by atoms with Gasteiger partial charge in [0.1, 0.15) is 6.04 Å². The number of fused-ring (bicyclic) bond motifs is 1. The van der Waals surface area contributed by atoms with E-state index >= 15 is 0 Å². The average molecular weight is 599 g/mol. The fourth-order valence-electron chi connectivity index (χ4n) is 6.72. The van der Waals surface area contributed by atoms with Gasteiger partial charge in [0.15, 0.2) is 0 Å². The molecule has 3 rings (SSSR count). The quantitative estimate of drug-likeness (QED) is 0.243. The molecule has 3 aliphatic rings. The Kier molecular flexibility index (Phi) is 10.4. The third-order valence-corrected chi connectivity index (χ3v) is 11.5. The summed E-state index contributed by atoms with van der Waals surface area (Å²) in [5.74, 6) is -1.39. The maximum absolute atomic E-state index is 14.5. The number of likely N-dealkylation sites (tertiary alicyclic amines) is 1. The van der Waals surface area contributed by atoms with Gasteiger partial charge in [-0.05, 0) is 32.6 Å². The summed E-state index contributed by atoms with van der Waals surface area (Å²) in [5.41, 5.74) is 0. The van der Waals surface area contributed by atoms with E-state index < -0.39 is 28.7 Å². The molecule has 3 amide bonds. The molecule has 7 nitrogen and oxygen atoms in total. The minimum atomic E-state index is -0.728. The predicted octanol–water partition coefficient (Wildman–Crippen LogP) is 3.85. The molecule has 0 saturated carbocycles. The lowest BCUT2D eigenvalue weighted by Crippen LogP contribution is -2.59. The molecule has 8 atom stereocenters. The normalized spacial score (nSPS) is 31.7. The Hall–Kier alpha value is -1.32. The zero-order valence-electron chi connectivity index (χ0n) is 22.8. The maximum atomic E-state index is 14.5. The van der Waals surface area contributed by atoms with Gasteiger partial charge >= 0.3 is 0 Å². The minimum Gasteiger partial charge on any atom is -0.394 e. The maximum Gasteiger partial charge on any atom is 0.247 e. The zero-order valence-corrected chi connectivity index (χ0v) is 25.2. The second-order valence-corrected chi connectivity index (χ2v) is 13.4. The van der Waals surface area contributed by atoms with E-state index in [2.05, 4.69) is 36.0 Å². The van der Waals surface area contributed by atoms with E-state index in [1.54, 1.807) is 33.7 Å². The van der Waals surface area contributed by atoms with Crippen molar-refractivity contribution in [3.05, 3.63) is 25.3 Å². The van der Waals surface area contributed by atoms with E-state index in [1.807, 2.05) is 25.7 Å². The summed E-state index contributed by atoms with van der Waals surface area (Å²) in [6.45, 7) is 17.0. The van der Waals surface area contributed by atoms with Gasteiger partial charge in [-0.1, -0.05) is 55.3 Å². The zero-order chi connectivity index (χ0) is 27.5. The number of thioether (sulfide) groups is 1. The molecule has 37 heavy (non-hydrogen) atoms. The summed E-state index contributed by atoms with van der Waals surface area (Å²) in [5, 5.41) is 10.2. The number of hydrogen-bond acceptors (Lipinski definition) is 5. The second-order valence-electron chi connectivity index (χ2n) is 10.6. The van der Waals surface area contributed by atoms with Gasteiger partial charge in [-0.3, -0.25) is 14.4 Å². The molecule has 0 radical (unpaired) electrons. The van der Waals surface area contributed by atoms with Crippen molar-refractivity contribution in [2.24, 2.45) is 11.8 Å². The number of carbonyl (C=O) groups excluding carboxylic acids is 3. The number of alkyl halides is 1. The van der Waals surface area contributed by atoms with Gasteiger partial charge in [-0.25, -0.2) is 0 Å². The molecular formula is C28H44BrN3O4S. The van der Waals surface area contributed by atoms with Crippen molar-refractivity contribution >= 4 is 45.4 Å². The first kappa shape index (κ1) is 30.2. The number of nitrogens with zero attached hydrogens (tertiary/aromatic N) is 3. The topological polar surface area (TPSA) is 81.2 Å². The molecule has 1 N–H and O–H groups in total. The number of amides is 3. The Morgan fingerprint density at radius 1 is 1.22 bits per heavy atom. The Bertz CT molecular complexity index is 883. The molecule has 0 aromatic heterocycles. The van der Waals surface area contributed by atoms with Crippen LogP contribution in [-0.4, -0.2) is 96.7 Å². The van der Waals surface area contributed by atoms with Gasteiger partial charge in [0.05, 0.1) is 29.2 Å². The Labute approximate surface area is 235 Å². The molecular weight excluding hydrogens is 554 g/mol. The van der Waals surface area contributed by atoms with Gasteiger partial charge in [0, 0.05) is 35.8 Å². The van der Waals surface area contributed by atoms with Crippen molar-refractivity contribution in [3.8, 4) is 0 Å². The number of carbonyl (C=O) groups is 3. The summed E-state index contributed by atoms with van der Waals surface area (Å²) in [7, 11) is 0. The first-order valence-corrected chi connectivity index (χ1v) is 15.5. The lowest BCUT2D eigenvalue weighted by Gasteiger charge is -2.41. The largest absolute Gasteiger partial charge is 0.394 e. The van der Waals surface area contributed by atoms with Gasteiger partial charge in [-0.15, -0.1) is 24.9 Å². The van der Waals surface area contributed by atoms with E-state index in [-0.39, 0.29) is 40.4 Å². The fourth-order valence-corrected chi connectivity index (χ4v) is 10.3. The van der Waals surface area contributed by atoms with E-state index in [1.165, 1.54) is 0 Å². The molecule has 0 aromatic carbocycles. The molecule has 0 aromatic rings. The molecule has 3 aliphatic heterocycles. The monoisotopic (exact) mass is 597 g/mol. The molecule has 0 aliphatic carbocycles. The molecule has 4 unspecified atom stereocenters. The van der Waals surface area contributed by atoms with Crippen LogP contribution >= 0.6 is 27.7 Å². The summed E-state index contributed by atoms with van der Waals surface area (Å²) in [4.78, 5) is 48.1. The lowest BCUT2D eigenvalue weighted by molar-refractivity contribution is -0.147. The summed E-state index contributed by atoms with van der Waals surface area (Å²) < 4.78 is -0.715. The summed E-state index contributed by atoms with van der Waals surface area (Å²) in [6.07, 6.45) is 7.23. The Morgan fingerprint density at radius 3 is 2.43 bits per heavy atom. The SMILES string of the molecule is C=CCN(CCC)C(=O)[C@H]1[C@H]2C(=O)N([C@@H](CC)CO)C(C(=O)N(CC=C)C(C)CCC)C23CC(Br)[C@@H]1S3. The van der Waals surface area contributed by atoms with Crippen LogP contribution in [-0.2, 0) is 14.4 Å². The van der Waals surface area contributed by atoms with Crippen LogP contribution in [0.3, 0.4) is 0 Å². The highest BCUT2D eigenvalue weighted by Gasteiger charge is 2.76. The van der Waals surface area contributed by atoms with Crippen LogP contribution in [0.15, 0.2) is 25.3 Å². The summed E-state index contributed by atoms with van der Waals surface area (Å²) >= 11 is 5.49. The van der Waals surface area contributed by atoms with E-state index in [4.69, 9.17) is 0 Å². The molecule has 208 valence electrons. The van der Waals surface area contributed by atoms with Crippen LogP contribution in [0, 0.1) is 11.8 Å². The van der Waals surface area contributed by atoms with Crippen LogP contribution in [0.2, 0.25) is 0 Å². The van der Waals surface area contributed by atoms with Crippen molar-refractivity contribution in [3.63, 3.8) is 0 Å². The van der Waals surface area contributed by atoms with Gasteiger partial charge < -0.3 is 19.8 Å². The molecule has 3 heterocycles. The molecule has 9 heteroatoms. The van der Waals surface area contributed by atoms with E-state index in [0.717, 1.165) is 19.3 Å². The second kappa shape index (κ2) is 12.7.